The first-order valence-corrected chi connectivity index (χ1v) is 8.35. The number of nitrogens with two attached hydrogens (primary N) is 1. The molecule has 0 saturated carbocycles. The standard InChI is InChI=1S/C19H21ClN2O3/c1-12(14-7-4-3-5-8-14)11-22-18(23)13(2)25-19(24)15-9-6-10-16(20)17(15)21/h3-10,12-13H,11,21H2,1-2H3,(H,22,23). The van der Waals surface area contributed by atoms with E-state index in [1.54, 1.807) is 12.1 Å². The molecule has 3 N–H and O–H groups in total. The number of esters is 1. The molecule has 2 atom stereocenters. The summed E-state index contributed by atoms with van der Waals surface area (Å²) in [6.45, 7) is 3.98. The third kappa shape index (κ3) is 4.97. The second kappa shape index (κ2) is 8.53. The van der Waals surface area contributed by atoms with Crippen molar-refractivity contribution in [1.82, 2.24) is 5.32 Å². The zero-order chi connectivity index (χ0) is 18.4. The maximum atomic E-state index is 12.2. The fraction of sp³-hybridized carbons (Fsp3) is 0.263. The van der Waals surface area contributed by atoms with Gasteiger partial charge in [0.05, 0.1) is 16.3 Å². The molecule has 25 heavy (non-hydrogen) atoms. The maximum absolute atomic E-state index is 12.2. The van der Waals surface area contributed by atoms with Crippen LogP contribution in [0.15, 0.2) is 48.5 Å². The molecule has 132 valence electrons. The Morgan fingerprint density at radius 1 is 1.12 bits per heavy atom. The minimum Gasteiger partial charge on any atom is -0.449 e. The lowest BCUT2D eigenvalue weighted by Crippen LogP contribution is -2.37. The van der Waals surface area contributed by atoms with E-state index in [9.17, 15) is 9.59 Å². The Morgan fingerprint density at radius 3 is 2.48 bits per heavy atom. The summed E-state index contributed by atoms with van der Waals surface area (Å²) in [6.07, 6.45) is -0.936. The minimum absolute atomic E-state index is 0.138. The molecule has 0 bridgehead atoms. The van der Waals surface area contributed by atoms with Crippen molar-refractivity contribution < 1.29 is 14.3 Å². The van der Waals surface area contributed by atoms with Gasteiger partial charge in [0.25, 0.3) is 5.91 Å². The Labute approximate surface area is 152 Å². The molecule has 0 fully saturated rings. The van der Waals surface area contributed by atoms with Crippen LogP contribution in [-0.4, -0.2) is 24.5 Å². The van der Waals surface area contributed by atoms with Crippen LogP contribution in [-0.2, 0) is 9.53 Å². The van der Waals surface area contributed by atoms with Crippen molar-refractivity contribution in [2.45, 2.75) is 25.9 Å². The zero-order valence-electron chi connectivity index (χ0n) is 14.2. The van der Waals surface area contributed by atoms with Crippen molar-refractivity contribution in [2.24, 2.45) is 0 Å². The molecule has 2 aromatic carbocycles. The van der Waals surface area contributed by atoms with Gasteiger partial charge in [0.1, 0.15) is 0 Å². The van der Waals surface area contributed by atoms with Gasteiger partial charge in [-0.3, -0.25) is 4.79 Å². The van der Waals surface area contributed by atoms with Gasteiger partial charge in [-0.05, 0) is 30.5 Å². The Bertz CT molecular complexity index is 750. The SMILES string of the molecule is CC(OC(=O)c1cccc(Cl)c1N)C(=O)NCC(C)c1ccccc1. The fourth-order valence-electron chi connectivity index (χ4n) is 2.29. The highest BCUT2D eigenvalue weighted by molar-refractivity contribution is 6.33. The van der Waals surface area contributed by atoms with E-state index in [0.717, 1.165) is 5.56 Å². The summed E-state index contributed by atoms with van der Waals surface area (Å²) < 4.78 is 5.18. The van der Waals surface area contributed by atoms with Crippen LogP contribution in [0.3, 0.4) is 0 Å². The number of hydrogen-bond acceptors (Lipinski definition) is 4. The first-order chi connectivity index (χ1) is 11.9. The number of benzene rings is 2. The number of carbonyl (C=O) groups excluding carboxylic acids is 2. The van der Waals surface area contributed by atoms with E-state index < -0.39 is 12.1 Å². The average Bonchev–Trinajstić information content (AvgIpc) is 2.62. The molecule has 5 nitrogen and oxygen atoms in total. The molecule has 0 radical (unpaired) electrons. The monoisotopic (exact) mass is 360 g/mol. The van der Waals surface area contributed by atoms with E-state index >= 15 is 0 Å². The highest BCUT2D eigenvalue weighted by atomic mass is 35.5. The number of amides is 1. The second-order valence-corrected chi connectivity index (χ2v) is 6.21. The van der Waals surface area contributed by atoms with Crippen molar-refractivity contribution >= 4 is 29.2 Å². The molecule has 0 saturated heterocycles. The molecule has 0 aliphatic carbocycles. The second-order valence-electron chi connectivity index (χ2n) is 5.81. The molecule has 0 aliphatic heterocycles. The lowest BCUT2D eigenvalue weighted by molar-refractivity contribution is -0.129. The Balaban J connectivity index is 1.89. The number of halogens is 1. The molecule has 2 rings (SSSR count). The molecule has 2 unspecified atom stereocenters. The van der Waals surface area contributed by atoms with Gasteiger partial charge in [-0.15, -0.1) is 0 Å². The van der Waals surface area contributed by atoms with Crippen molar-refractivity contribution in [3.8, 4) is 0 Å². The summed E-state index contributed by atoms with van der Waals surface area (Å²) in [5.41, 5.74) is 7.17. The van der Waals surface area contributed by atoms with Gasteiger partial charge in [-0.25, -0.2) is 4.79 Å². The quantitative estimate of drug-likeness (QED) is 0.611. The van der Waals surface area contributed by atoms with E-state index in [2.05, 4.69) is 5.32 Å². The number of hydrogen-bond donors (Lipinski definition) is 2. The van der Waals surface area contributed by atoms with Crippen LogP contribution >= 0.6 is 11.6 Å². The maximum Gasteiger partial charge on any atom is 0.341 e. The third-order valence-corrected chi connectivity index (χ3v) is 4.21. The van der Waals surface area contributed by atoms with Crippen LogP contribution in [0.1, 0.15) is 35.7 Å². The van der Waals surface area contributed by atoms with Crippen LogP contribution in [0, 0.1) is 0 Å². The van der Waals surface area contributed by atoms with Gasteiger partial charge in [0.2, 0.25) is 0 Å². The van der Waals surface area contributed by atoms with Gasteiger partial charge in [-0.2, -0.15) is 0 Å². The number of ether oxygens (including phenoxy) is 1. The van der Waals surface area contributed by atoms with Crippen molar-refractivity contribution in [1.29, 1.82) is 0 Å². The lowest BCUT2D eigenvalue weighted by atomic mass is 10.0. The summed E-state index contributed by atoms with van der Waals surface area (Å²) in [5.74, 6) is -0.896. The molecule has 0 aliphatic rings. The van der Waals surface area contributed by atoms with Crippen LogP contribution < -0.4 is 11.1 Å². The summed E-state index contributed by atoms with van der Waals surface area (Å²) in [5, 5.41) is 3.06. The van der Waals surface area contributed by atoms with Crippen LogP contribution in [0.5, 0.6) is 0 Å². The lowest BCUT2D eigenvalue weighted by Gasteiger charge is -2.17. The van der Waals surface area contributed by atoms with E-state index in [0.29, 0.717) is 6.54 Å². The molecular formula is C19H21ClN2O3. The van der Waals surface area contributed by atoms with E-state index in [4.69, 9.17) is 22.1 Å². The summed E-state index contributed by atoms with van der Waals surface area (Å²) >= 11 is 5.89. The van der Waals surface area contributed by atoms with Crippen LogP contribution in [0.2, 0.25) is 5.02 Å². The number of nitrogens with one attached hydrogen (secondary N) is 1. The van der Waals surface area contributed by atoms with Gasteiger partial charge >= 0.3 is 5.97 Å². The van der Waals surface area contributed by atoms with Gasteiger partial charge in [0.15, 0.2) is 6.10 Å². The van der Waals surface area contributed by atoms with E-state index in [1.807, 2.05) is 37.3 Å². The smallest absolute Gasteiger partial charge is 0.341 e. The molecule has 0 aromatic heterocycles. The number of anilines is 1. The molecular weight excluding hydrogens is 340 g/mol. The van der Waals surface area contributed by atoms with E-state index in [1.165, 1.54) is 13.0 Å². The Morgan fingerprint density at radius 2 is 1.80 bits per heavy atom. The van der Waals surface area contributed by atoms with Crippen molar-refractivity contribution in [2.75, 3.05) is 12.3 Å². The zero-order valence-corrected chi connectivity index (χ0v) is 14.9. The first kappa shape index (κ1) is 18.8. The molecule has 0 heterocycles. The first-order valence-electron chi connectivity index (χ1n) is 7.97. The topological polar surface area (TPSA) is 81.4 Å². The summed E-state index contributed by atoms with van der Waals surface area (Å²) in [7, 11) is 0. The van der Waals surface area contributed by atoms with Gasteiger partial charge in [-0.1, -0.05) is 54.9 Å². The summed E-state index contributed by atoms with van der Waals surface area (Å²) in [6, 6.07) is 14.5. The summed E-state index contributed by atoms with van der Waals surface area (Å²) in [4.78, 5) is 24.3. The molecule has 1 amide bonds. The van der Waals surface area contributed by atoms with Gasteiger partial charge < -0.3 is 15.8 Å². The van der Waals surface area contributed by atoms with Gasteiger partial charge in [0, 0.05) is 6.54 Å². The number of nitrogen functional groups attached to an aromatic ring is 1. The number of carbonyl (C=O) groups is 2. The minimum atomic E-state index is -0.936. The largest absolute Gasteiger partial charge is 0.449 e. The number of para-hydroxylation sites is 1. The predicted molar refractivity (Wildman–Crippen MR) is 98.6 cm³/mol. The van der Waals surface area contributed by atoms with Crippen LogP contribution in [0.4, 0.5) is 5.69 Å². The Hall–Kier alpha value is -2.53. The average molecular weight is 361 g/mol. The fourth-order valence-corrected chi connectivity index (χ4v) is 2.46. The van der Waals surface area contributed by atoms with Crippen molar-refractivity contribution in [3.05, 3.63) is 64.7 Å². The Kier molecular flexibility index (Phi) is 6.42. The van der Waals surface area contributed by atoms with Crippen molar-refractivity contribution in [3.63, 3.8) is 0 Å². The van der Waals surface area contributed by atoms with Crippen LogP contribution in [0.25, 0.3) is 0 Å². The molecule has 2 aromatic rings. The third-order valence-electron chi connectivity index (χ3n) is 3.88. The molecule has 0 spiro atoms. The normalized spacial score (nSPS) is 12.9. The van der Waals surface area contributed by atoms with E-state index in [-0.39, 0.29) is 28.1 Å². The molecule has 6 heteroatoms. The number of rotatable bonds is 6. The highest BCUT2D eigenvalue weighted by Crippen LogP contribution is 2.23. The predicted octanol–water partition coefficient (Wildman–Crippen LogP) is 3.39. The highest BCUT2D eigenvalue weighted by Gasteiger charge is 2.21.